The fourth-order valence-corrected chi connectivity index (χ4v) is 4.26. The van der Waals surface area contributed by atoms with E-state index in [1.54, 1.807) is 15.2 Å². The third kappa shape index (κ3) is 3.08. The molecule has 0 spiro atoms. The Morgan fingerprint density at radius 1 is 1.10 bits per heavy atom. The molecule has 10 nitrogen and oxygen atoms in total. The first kappa shape index (κ1) is 18.5. The number of fused-ring (bicyclic) bond motifs is 2. The van der Waals surface area contributed by atoms with Crippen molar-refractivity contribution >= 4 is 22.9 Å². The van der Waals surface area contributed by atoms with Crippen LogP contribution < -0.4 is 10.6 Å². The number of hydrogen-bond acceptors (Lipinski definition) is 8. The van der Waals surface area contributed by atoms with Crippen LogP contribution in [-0.4, -0.2) is 85.7 Å². The van der Waals surface area contributed by atoms with Gasteiger partial charge in [0.05, 0.1) is 37.2 Å². The molecule has 4 aromatic rings. The Balaban J connectivity index is 1.32. The molecule has 0 aliphatic carbocycles. The van der Waals surface area contributed by atoms with E-state index >= 15 is 0 Å². The smallest absolute Gasteiger partial charge is 0.243 e. The van der Waals surface area contributed by atoms with E-state index in [-0.39, 0.29) is 6.04 Å². The van der Waals surface area contributed by atoms with Crippen LogP contribution in [-0.2, 0) is 4.74 Å². The van der Waals surface area contributed by atoms with Crippen LogP contribution in [0, 0.1) is 0 Å². The summed E-state index contributed by atoms with van der Waals surface area (Å²) in [6, 6.07) is 5.67. The van der Waals surface area contributed by atoms with Gasteiger partial charge in [-0.2, -0.15) is 10.1 Å². The Morgan fingerprint density at radius 2 is 1.97 bits per heavy atom. The van der Waals surface area contributed by atoms with E-state index in [2.05, 4.69) is 35.7 Å². The first-order valence-corrected chi connectivity index (χ1v) is 10.3. The second-order valence-corrected chi connectivity index (χ2v) is 7.92. The molecule has 2 aliphatic heterocycles. The van der Waals surface area contributed by atoms with E-state index < -0.39 is 6.17 Å². The van der Waals surface area contributed by atoms with Crippen molar-refractivity contribution in [2.24, 2.45) is 0 Å². The van der Waals surface area contributed by atoms with Crippen molar-refractivity contribution in [3.8, 4) is 11.3 Å². The van der Waals surface area contributed by atoms with Crippen LogP contribution in [0.2, 0.25) is 0 Å². The molecule has 2 atom stereocenters. The lowest BCUT2D eigenvalue weighted by Gasteiger charge is -2.34. The van der Waals surface area contributed by atoms with E-state index in [4.69, 9.17) is 4.74 Å². The van der Waals surface area contributed by atoms with Gasteiger partial charge in [-0.1, -0.05) is 0 Å². The van der Waals surface area contributed by atoms with Gasteiger partial charge >= 0.3 is 0 Å². The highest BCUT2D eigenvalue weighted by molar-refractivity contribution is 5.87. The minimum Gasteiger partial charge on any atom is -0.378 e. The Morgan fingerprint density at radius 3 is 2.77 bits per heavy atom. The maximum absolute atomic E-state index is 14.6. The Labute approximate surface area is 177 Å². The van der Waals surface area contributed by atoms with E-state index in [9.17, 15) is 4.39 Å². The van der Waals surface area contributed by atoms with Crippen molar-refractivity contribution in [2.75, 3.05) is 44.0 Å². The van der Waals surface area contributed by atoms with Crippen molar-refractivity contribution in [1.29, 1.82) is 0 Å². The zero-order valence-corrected chi connectivity index (χ0v) is 16.9. The van der Waals surface area contributed by atoms with Crippen molar-refractivity contribution in [1.82, 2.24) is 34.1 Å². The zero-order valence-electron chi connectivity index (χ0n) is 16.9. The third-order valence-corrected chi connectivity index (χ3v) is 6.01. The highest BCUT2D eigenvalue weighted by Gasteiger charge is 2.39. The van der Waals surface area contributed by atoms with Gasteiger partial charge in [0.2, 0.25) is 5.95 Å². The highest BCUT2D eigenvalue weighted by Crippen LogP contribution is 2.30. The summed E-state index contributed by atoms with van der Waals surface area (Å²) in [5.41, 5.74) is 3.27. The Kier molecular flexibility index (Phi) is 4.25. The largest absolute Gasteiger partial charge is 0.378 e. The predicted molar refractivity (Wildman–Crippen MR) is 113 cm³/mol. The van der Waals surface area contributed by atoms with Crippen molar-refractivity contribution in [2.45, 2.75) is 18.3 Å². The van der Waals surface area contributed by atoms with Crippen molar-refractivity contribution in [3.63, 3.8) is 0 Å². The molecule has 6 rings (SSSR count). The SMILES string of the molecule is CNc1nc(N[C@H]2CN(C3COC3)C[C@H]2F)nn2ccc(-c3ccn4nccc4n3)c12. The van der Waals surface area contributed by atoms with Crippen LogP contribution in [0.25, 0.3) is 22.4 Å². The van der Waals surface area contributed by atoms with Crippen molar-refractivity contribution in [3.05, 3.63) is 36.8 Å². The summed E-state index contributed by atoms with van der Waals surface area (Å²) in [5.74, 6) is 1.03. The number of anilines is 2. The van der Waals surface area contributed by atoms with Crippen molar-refractivity contribution < 1.29 is 9.13 Å². The van der Waals surface area contributed by atoms with E-state index in [0.29, 0.717) is 44.1 Å². The molecule has 6 heterocycles. The fourth-order valence-electron chi connectivity index (χ4n) is 4.26. The molecule has 0 unspecified atom stereocenters. The number of likely N-dealkylation sites (tertiary alicyclic amines) is 1. The molecule has 160 valence electrons. The summed E-state index contributed by atoms with van der Waals surface area (Å²) in [7, 11) is 1.81. The standard InChI is InChI=1S/C20H22FN9O/c1-22-19-18-13(15-4-7-29-17(24-15)2-5-23-29)3-6-30(18)27-20(26-19)25-16-9-28(8-14(16)21)12-10-31-11-12/h2-7,12,14,16H,8-11H2,1H3,(H2,22,25,26,27)/t14-,16+/m1/s1. The number of halogens is 1. The molecule has 2 N–H and O–H groups in total. The summed E-state index contributed by atoms with van der Waals surface area (Å²) in [5, 5.41) is 15.1. The lowest BCUT2D eigenvalue weighted by molar-refractivity contribution is -0.0585. The maximum atomic E-state index is 14.6. The summed E-state index contributed by atoms with van der Waals surface area (Å²) < 4.78 is 23.3. The normalized spacial score (nSPS) is 22.3. The topological polar surface area (TPSA) is 96.9 Å². The molecule has 0 radical (unpaired) electrons. The highest BCUT2D eigenvalue weighted by atomic mass is 19.1. The summed E-state index contributed by atoms with van der Waals surface area (Å²) in [6.45, 7) is 2.37. The van der Waals surface area contributed by atoms with Crippen LogP contribution >= 0.6 is 0 Å². The summed E-state index contributed by atoms with van der Waals surface area (Å²) in [6.07, 6.45) is 4.46. The Hall–Kier alpha value is -3.31. The number of ether oxygens (including phenoxy) is 1. The molecular weight excluding hydrogens is 401 g/mol. The molecule has 4 aromatic heterocycles. The average molecular weight is 423 g/mol. The van der Waals surface area contributed by atoms with Gasteiger partial charge in [-0.05, 0) is 12.1 Å². The summed E-state index contributed by atoms with van der Waals surface area (Å²) >= 11 is 0. The van der Waals surface area contributed by atoms with Gasteiger partial charge in [0.1, 0.15) is 11.7 Å². The number of nitrogens with one attached hydrogen (secondary N) is 2. The molecule has 2 fully saturated rings. The lowest BCUT2D eigenvalue weighted by atomic mass is 10.2. The number of nitrogens with zero attached hydrogens (tertiary/aromatic N) is 7. The number of alkyl halides is 1. The minimum atomic E-state index is -0.982. The second kappa shape index (κ2) is 7.13. The predicted octanol–water partition coefficient (Wildman–Crippen LogP) is 1.31. The number of rotatable bonds is 5. The van der Waals surface area contributed by atoms with Gasteiger partial charge in [-0.15, -0.1) is 5.10 Å². The fraction of sp³-hybridized carbons (Fsp3) is 0.400. The Bertz CT molecular complexity index is 1250. The molecule has 2 aliphatic rings. The summed E-state index contributed by atoms with van der Waals surface area (Å²) in [4.78, 5) is 11.4. The molecule has 0 amide bonds. The van der Waals surface area contributed by atoms with Gasteiger partial charge in [-0.25, -0.2) is 18.4 Å². The van der Waals surface area contributed by atoms with Gasteiger partial charge in [-0.3, -0.25) is 4.90 Å². The van der Waals surface area contributed by atoms with Crippen LogP contribution in [0.3, 0.4) is 0 Å². The number of hydrogen-bond donors (Lipinski definition) is 2. The molecule has 0 saturated carbocycles. The van der Waals surface area contributed by atoms with Gasteiger partial charge in [0.25, 0.3) is 0 Å². The van der Waals surface area contributed by atoms with Crippen LogP contribution in [0.5, 0.6) is 0 Å². The second-order valence-electron chi connectivity index (χ2n) is 7.92. The molecule has 11 heteroatoms. The first-order valence-electron chi connectivity index (χ1n) is 10.3. The van der Waals surface area contributed by atoms with E-state index in [1.807, 2.05) is 37.6 Å². The molecule has 0 aromatic carbocycles. The van der Waals surface area contributed by atoms with E-state index in [0.717, 1.165) is 22.4 Å². The minimum absolute atomic E-state index is 0.314. The third-order valence-electron chi connectivity index (χ3n) is 6.01. The molecule has 2 saturated heterocycles. The van der Waals surface area contributed by atoms with Gasteiger partial charge in [0, 0.05) is 44.2 Å². The van der Waals surface area contributed by atoms with Gasteiger partial charge in [0.15, 0.2) is 11.5 Å². The number of aromatic nitrogens is 6. The zero-order chi connectivity index (χ0) is 20.9. The monoisotopic (exact) mass is 423 g/mol. The van der Waals surface area contributed by atoms with Crippen LogP contribution in [0.1, 0.15) is 0 Å². The molecule has 0 bridgehead atoms. The quantitative estimate of drug-likeness (QED) is 0.496. The van der Waals surface area contributed by atoms with Gasteiger partial charge < -0.3 is 15.4 Å². The maximum Gasteiger partial charge on any atom is 0.243 e. The molecule has 31 heavy (non-hydrogen) atoms. The van der Waals surface area contributed by atoms with Crippen LogP contribution in [0.15, 0.2) is 36.8 Å². The average Bonchev–Trinajstić information content (AvgIpc) is 3.44. The molecular formula is C20H22FN9O. The van der Waals surface area contributed by atoms with E-state index in [1.165, 1.54) is 0 Å². The lowest BCUT2D eigenvalue weighted by Crippen LogP contribution is -2.48. The van der Waals surface area contributed by atoms with Crippen LogP contribution in [0.4, 0.5) is 16.2 Å². The first-order chi connectivity index (χ1) is 15.2.